The van der Waals surface area contributed by atoms with Crippen molar-refractivity contribution in [3.8, 4) is 5.75 Å². The molecule has 0 aliphatic rings. The number of carbonyl (C=O) groups excluding carboxylic acids is 1. The highest BCUT2D eigenvalue weighted by Crippen LogP contribution is 2.21. The fraction of sp³-hybridized carbons (Fsp3) is 0.188. The molecule has 2 aromatic carbocycles. The molecule has 0 spiro atoms. The van der Waals surface area contributed by atoms with E-state index < -0.39 is 0 Å². The Morgan fingerprint density at radius 3 is 2.60 bits per heavy atom. The first-order valence-corrected chi connectivity index (χ1v) is 6.54. The van der Waals surface area contributed by atoms with Crippen LogP contribution >= 0.6 is 0 Å². The predicted molar refractivity (Wildman–Crippen MR) is 80.7 cm³/mol. The summed E-state index contributed by atoms with van der Waals surface area (Å²) < 4.78 is 0. The van der Waals surface area contributed by atoms with Crippen LogP contribution in [0, 0.1) is 0 Å². The van der Waals surface area contributed by atoms with Crippen LogP contribution in [0.15, 0.2) is 48.5 Å². The van der Waals surface area contributed by atoms with E-state index in [2.05, 4.69) is 0 Å². The molecule has 0 bridgehead atoms. The molecule has 1 amide bonds. The average Bonchev–Trinajstić information content (AvgIpc) is 2.39. The standard InChI is InChI=1S/C16H18N2O2/c1-2-18(14-7-4-8-15(19)11-14)16(20)10-12-5-3-6-13(17)9-12/h3-9,11,19H,2,10,17H2,1H3. The zero-order valence-corrected chi connectivity index (χ0v) is 11.4. The van der Waals surface area contributed by atoms with Crippen LogP contribution < -0.4 is 10.6 Å². The van der Waals surface area contributed by atoms with Gasteiger partial charge in [-0.3, -0.25) is 4.79 Å². The van der Waals surface area contributed by atoms with E-state index in [0.29, 0.717) is 17.9 Å². The van der Waals surface area contributed by atoms with E-state index in [1.54, 1.807) is 41.3 Å². The zero-order valence-electron chi connectivity index (χ0n) is 11.4. The minimum Gasteiger partial charge on any atom is -0.508 e. The van der Waals surface area contributed by atoms with Gasteiger partial charge in [-0.2, -0.15) is 0 Å². The van der Waals surface area contributed by atoms with Crippen molar-refractivity contribution in [2.75, 3.05) is 17.2 Å². The van der Waals surface area contributed by atoms with Crippen molar-refractivity contribution in [2.45, 2.75) is 13.3 Å². The molecular weight excluding hydrogens is 252 g/mol. The van der Waals surface area contributed by atoms with E-state index in [4.69, 9.17) is 5.73 Å². The van der Waals surface area contributed by atoms with Gasteiger partial charge < -0.3 is 15.7 Å². The van der Waals surface area contributed by atoms with Crippen LogP contribution in [-0.2, 0) is 11.2 Å². The number of aromatic hydroxyl groups is 1. The highest BCUT2D eigenvalue weighted by atomic mass is 16.3. The second kappa shape index (κ2) is 6.10. The molecule has 4 nitrogen and oxygen atoms in total. The maximum atomic E-state index is 12.4. The number of anilines is 2. The largest absolute Gasteiger partial charge is 0.508 e. The summed E-state index contributed by atoms with van der Waals surface area (Å²) in [7, 11) is 0. The summed E-state index contributed by atoms with van der Waals surface area (Å²) in [6.07, 6.45) is 0.286. The van der Waals surface area contributed by atoms with E-state index >= 15 is 0 Å². The molecule has 0 saturated heterocycles. The molecular formula is C16H18N2O2. The van der Waals surface area contributed by atoms with E-state index in [-0.39, 0.29) is 18.1 Å². The molecule has 0 heterocycles. The number of hydrogen-bond acceptors (Lipinski definition) is 3. The summed E-state index contributed by atoms with van der Waals surface area (Å²) in [5.74, 6) is 0.126. The third-order valence-corrected chi connectivity index (χ3v) is 3.07. The minimum absolute atomic E-state index is 0.0244. The van der Waals surface area contributed by atoms with Crippen LogP contribution in [0.5, 0.6) is 5.75 Å². The summed E-state index contributed by atoms with van der Waals surface area (Å²) in [6, 6.07) is 14.0. The van der Waals surface area contributed by atoms with Crippen LogP contribution in [0.25, 0.3) is 0 Å². The third-order valence-electron chi connectivity index (χ3n) is 3.07. The normalized spacial score (nSPS) is 10.2. The highest BCUT2D eigenvalue weighted by Gasteiger charge is 2.14. The Balaban J connectivity index is 2.17. The first-order valence-electron chi connectivity index (χ1n) is 6.54. The van der Waals surface area contributed by atoms with Gasteiger partial charge in [-0.25, -0.2) is 0 Å². The number of nitrogens with two attached hydrogens (primary N) is 1. The van der Waals surface area contributed by atoms with Gasteiger partial charge in [0.1, 0.15) is 5.75 Å². The molecule has 0 saturated carbocycles. The second-order valence-corrected chi connectivity index (χ2v) is 4.58. The number of hydrogen-bond donors (Lipinski definition) is 2. The number of benzene rings is 2. The molecule has 0 aliphatic carbocycles. The highest BCUT2D eigenvalue weighted by molar-refractivity contribution is 5.94. The number of amides is 1. The number of rotatable bonds is 4. The van der Waals surface area contributed by atoms with Crippen molar-refractivity contribution in [2.24, 2.45) is 0 Å². The monoisotopic (exact) mass is 270 g/mol. The van der Waals surface area contributed by atoms with Gasteiger partial charge in [0.25, 0.3) is 0 Å². The maximum Gasteiger partial charge on any atom is 0.231 e. The topological polar surface area (TPSA) is 66.6 Å². The Labute approximate surface area is 118 Å². The first kappa shape index (κ1) is 13.9. The lowest BCUT2D eigenvalue weighted by atomic mass is 10.1. The Bertz CT molecular complexity index is 611. The Morgan fingerprint density at radius 2 is 1.95 bits per heavy atom. The van der Waals surface area contributed by atoms with Crippen molar-refractivity contribution >= 4 is 17.3 Å². The molecule has 2 rings (SSSR count). The van der Waals surface area contributed by atoms with Gasteiger partial charge >= 0.3 is 0 Å². The second-order valence-electron chi connectivity index (χ2n) is 4.58. The fourth-order valence-corrected chi connectivity index (χ4v) is 2.14. The summed E-state index contributed by atoms with van der Waals surface area (Å²) in [4.78, 5) is 14.0. The lowest BCUT2D eigenvalue weighted by Gasteiger charge is -2.21. The van der Waals surface area contributed by atoms with Crippen molar-refractivity contribution < 1.29 is 9.90 Å². The fourth-order valence-electron chi connectivity index (χ4n) is 2.14. The van der Waals surface area contributed by atoms with Crippen LogP contribution in [-0.4, -0.2) is 17.6 Å². The Morgan fingerprint density at radius 1 is 1.20 bits per heavy atom. The number of nitrogen functional groups attached to an aromatic ring is 1. The summed E-state index contributed by atoms with van der Waals surface area (Å²) in [6.45, 7) is 2.45. The van der Waals surface area contributed by atoms with Gasteiger partial charge in [-0.1, -0.05) is 18.2 Å². The van der Waals surface area contributed by atoms with Crippen LogP contribution in [0.2, 0.25) is 0 Å². The number of nitrogens with zero attached hydrogens (tertiary/aromatic N) is 1. The molecule has 0 aromatic heterocycles. The average molecular weight is 270 g/mol. The Kier molecular flexibility index (Phi) is 4.25. The molecule has 0 radical (unpaired) electrons. The SMILES string of the molecule is CCN(C(=O)Cc1cccc(N)c1)c1cccc(O)c1. The molecule has 3 N–H and O–H groups in total. The molecule has 0 unspecified atom stereocenters. The summed E-state index contributed by atoms with van der Waals surface area (Å²) in [5, 5.41) is 9.51. The van der Waals surface area contributed by atoms with Crippen molar-refractivity contribution in [3.63, 3.8) is 0 Å². The van der Waals surface area contributed by atoms with Crippen molar-refractivity contribution in [3.05, 3.63) is 54.1 Å². The quantitative estimate of drug-likeness (QED) is 0.839. The van der Waals surface area contributed by atoms with Gasteiger partial charge in [-0.15, -0.1) is 0 Å². The smallest absolute Gasteiger partial charge is 0.231 e. The Hall–Kier alpha value is -2.49. The number of phenols is 1. The van der Waals surface area contributed by atoms with E-state index in [1.807, 2.05) is 19.1 Å². The van der Waals surface area contributed by atoms with Gasteiger partial charge in [0.05, 0.1) is 6.42 Å². The summed E-state index contributed by atoms with van der Waals surface area (Å²) >= 11 is 0. The molecule has 104 valence electrons. The van der Waals surface area contributed by atoms with Gasteiger partial charge in [0, 0.05) is 24.0 Å². The molecule has 0 aliphatic heterocycles. The lowest BCUT2D eigenvalue weighted by molar-refractivity contribution is -0.117. The van der Waals surface area contributed by atoms with Gasteiger partial charge in [-0.05, 0) is 36.8 Å². The van der Waals surface area contributed by atoms with E-state index in [0.717, 1.165) is 5.56 Å². The third kappa shape index (κ3) is 3.29. The van der Waals surface area contributed by atoms with E-state index in [1.165, 1.54) is 0 Å². The number of carbonyl (C=O) groups is 1. The van der Waals surface area contributed by atoms with Crippen LogP contribution in [0.1, 0.15) is 12.5 Å². The van der Waals surface area contributed by atoms with Crippen LogP contribution in [0.4, 0.5) is 11.4 Å². The number of likely N-dealkylation sites (N-methyl/N-ethyl adjacent to an activating group) is 1. The zero-order chi connectivity index (χ0) is 14.5. The van der Waals surface area contributed by atoms with Crippen LogP contribution in [0.3, 0.4) is 0 Å². The lowest BCUT2D eigenvalue weighted by Crippen LogP contribution is -2.31. The minimum atomic E-state index is -0.0244. The number of phenolic OH excluding ortho intramolecular Hbond substituents is 1. The van der Waals surface area contributed by atoms with Gasteiger partial charge in [0.2, 0.25) is 5.91 Å². The maximum absolute atomic E-state index is 12.4. The van der Waals surface area contributed by atoms with Crippen molar-refractivity contribution in [1.29, 1.82) is 0 Å². The molecule has 20 heavy (non-hydrogen) atoms. The molecule has 2 aromatic rings. The summed E-state index contributed by atoms with van der Waals surface area (Å²) in [5.41, 5.74) is 7.94. The van der Waals surface area contributed by atoms with E-state index in [9.17, 15) is 9.90 Å². The first-order chi connectivity index (χ1) is 9.60. The van der Waals surface area contributed by atoms with Gasteiger partial charge in [0.15, 0.2) is 0 Å². The molecule has 0 atom stereocenters. The molecule has 4 heteroatoms. The predicted octanol–water partition coefficient (Wildman–Crippen LogP) is 2.57. The molecule has 0 fully saturated rings. The van der Waals surface area contributed by atoms with Crippen molar-refractivity contribution in [1.82, 2.24) is 0 Å².